The van der Waals surface area contributed by atoms with Gasteiger partial charge in [-0.05, 0) is 66.9 Å². The van der Waals surface area contributed by atoms with Crippen LogP contribution in [0.4, 0.5) is 5.69 Å². The molecule has 11 nitrogen and oxygen atoms in total. The van der Waals surface area contributed by atoms with Crippen molar-refractivity contribution in [2.75, 3.05) is 37.7 Å². The summed E-state index contributed by atoms with van der Waals surface area (Å²) in [6.07, 6.45) is 3.43. The van der Waals surface area contributed by atoms with Crippen molar-refractivity contribution < 1.29 is 32.2 Å². The molecule has 0 spiro atoms. The lowest BCUT2D eigenvalue weighted by Gasteiger charge is -2.25. The van der Waals surface area contributed by atoms with Gasteiger partial charge in [0.2, 0.25) is 0 Å². The van der Waals surface area contributed by atoms with Gasteiger partial charge in [0, 0.05) is 13.2 Å². The summed E-state index contributed by atoms with van der Waals surface area (Å²) >= 11 is 0. The van der Waals surface area contributed by atoms with Crippen LogP contribution < -0.4 is 24.5 Å². The van der Waals surface area contributed by atoms with E-state index in [1.54, 1.807) is 66.7 Å². The number of nitrogens with one attached hydrogen (secondary N) is 2. The molecule has 0 aromatic heterocycles. The first-order valence-electron chi connectivity index (χ1n) is 13.0. The summed E-state index contributed by atoms with van der Waals surface area (Å²) in [6, 6.07) is 21.1. The second-order valence-corrected chi connectivity index (χ2v) is 10.9. The van der Waals surface area contributed by atoms with E-state index in [1.165, 1.54) is 25.5 Å². The molecule has 2 amide bonds. The Hall–Kier alpha value is -4.42. The van der Waals surface area contributed by atoms with Crippen LogP contribution >= 0.6 is 0 Å². The molecule has 0 bridgehead atoms. The van der Waals surface area contributed by atoms with E-state index in [9.17, 15) is 18.0 Å². The molecule has 0 unspecified atom stereocenters. The molecule has 0 radical (unpaired) electrons. The third-order valence-electron chi connectivity index (χ3n) is 6.18. The molecule has 1 heterocycles. The summed E-state index contributed by atoms with van der Waals surface area (Å²) < 4.78 is 44.3. The highest BCUT2D eigenvalue weighted by Crippen LogP contribution is 2.32. The Kier molecular flexibility index (Phi) is 10.3. The molecule has 3 aromatic rings. The number of ether oxygens (including phenoxy) is 3. The number of nitrogens with zero attached hydrogens (tertiary/aromatic N) is 2. The van der Waals surface area contributed by atoms with Crippen molar-refractivity contribution >= 4 is 33.7 Å². The third kappa shape index (κ3) is 8.29. The quantitative estimate of drug-likeness (QED) is 0.234. The number of para-hydroxylation sites is 2. The molecule has 12 heteroatoms. The summed E-state index contributed by atoms with van der Waals surface area (Å²) in [5.41, 5.74) is 3.24. The number of hydrogen-bond donors (Lipinski definition) is 2. The van der Waals surface area contributed by atoms with Crippen LogP contribution in [-0.2, 0) is 24.3 Å². The minimum Gasteiger partial charge on any atom is -0.495 e. The fourth-order valence-corrected chi connectivity index (χ4v) is 5.54. The maximum absolute atomic E-state index is 13.5. The van der Waals surface area contributed by atoms with Crippen LogP contribution in [0.3, 0.4) is 0 Å². The number of hydrogen-bond acceptors (Lipinski definition) is 8. The zero-order valence-electron chi connectivity index (χ0n) is 22.6. The van der Waals surface area contributed by atoms with Crippen molar-refractivity contribution in [3.05, 3.63) is 84.4 Å². The molecule has 2 N–H and O–H groups in total. The van der Waals surface area contributed by atoms with Crippen LogP contribution in [0.25, 0.3) is 0 Å². The molecule has 4 rings (SSSR count). The number of methoxy groups -OCH3 is 1. The van der Waals surface area contributed by atoms with Crippen LogP contribution in [0.2, 0.25) is 0 Å². The average molecular weight is 581 g/mol. The maximum Gasteiger partial charge on any atom is 0.264 e. The first-order valence-corrected chi connectivity index (χ1v) is 14.4. The highest BCUT2D eigenvalue weighted by atomic mass is 32.2. The van der Waals surface area contributed by atoms with E-state index in [0.29, 0.717) is 23.6 Å². The van der Waals surface area contributed by atoms with Gasteiger partial charge in [-0.1, -0.05) is 30.3 Å². The maximum atomic E-state index is 13.5. The van der Waals surface area contributed by atoms with Crippen molar-refractivity contribution in [2.24, 2.45) is 5.10 Å². The zero-order valence-corrected chi connectivity index (χ0v) is 23.4. The van der Waals surface area contributed by atoms with Crippen LogP contribution in [0, 0.1) is 0 Å². The minimum absolute atomic E-state index is 0.0322. The molecule has 41 heavy (non-hydrogen) atoms. The molecular formula is C29H32N4O7S. The molecule has 3 aromatic carbocycles. The Morgan fingerprint density at radius 2 is 1.76 bits per heavy atom. The van der Waals surface area contributed by atoms with Gasteiger partial charge in [-0.25, -0.2) is 13.8 Å². The Labute approximate surface area is 239 Å². The molecule has 1 aliphatic rings. The van der Waals surface area contributed by atoms with Gasteiger partial charge in [-0.2, -0.15) is 5.10 Å². The standard InChI is InChI=1S/C29H32N4O7S/c1-38-27-12-6-5-11-26(27)33(41(36,37)25-9-3-2-4-10-25)20-28(34)32-31-18-22-13-15-23(16-14-22)40-21-29(35)30-19-24-8-7-17-39-24/h2-6,9-16,18,24H,7-8,17,19-21H2,1H3,(H,30,35)(H,32,34)/b31-18-/t24-/m0/s1. The Bertz CT molecular complexity index is 1440. The molecule has 0 saturated carbocycles. The number of anilines is 1. The van der Waals surface area contributed by atoms with E-state index in [-0.39, 0.29) is 29.2 Å². The summed E-state index contributed by atoms with van der Waals surface area (Å²) in [7, 11) is -2.67. The van der Waals surface area contributed by atoms with E-state index >= 15 is 0 Å². The number of hydrazone groups is 1. The van der Waals surface area contributed by atoms with E-state index in [0.717, 1.165) is 23.8 Å². The normalized spacial score (nSPS) is 14.9. The van der Waals surface area contributed by atoms with E-state index in [4.69, 9.17) is 14.2 Å². The van der Waals surface area contributed by atoms with Gasteiger partial charge in [-0.3, -0.25) is 13.9 Å². The number of carbonyl (C=O) groups is 2. The van der Waals surface area contributed by atoms with Gasteiger partial charge in [0.1, 0.15) is 18.0 Å². The average Bonchev–Trinajstić information content (AvgIpc) is 3.53. The first kappa shape index (κ1) is 29.6. The lowest BCUT2D eigenvalue weighted by molar-refractivity contribution is -0.123. The number of sulfonamides is 1. The van der Waals surface area contributed by atoms with Crippen LogP contribution in [0.5, 0.6) is 11.5 Å². The number of benzene rings is 3. The monoisotopic (exact) mass is 580 g/mol. The van der Waals surface area contributed by atoms with Gasteiger partial charge in [-0.15, -0.1) is 0 Å². The third-order valence-corrected chi connectivity index (χ3v) is 7.95. The SMILES string of the molecule is COc1ccccc1N(CC(=O)N/N=C\c1ccc(OCC(=O)NC[C@@H]2CCCO2)cc1)S(=O)(=O)c1ccccc1. The summed E-state index contributed by atoms with van der Waals surface area (Å²) in [5, 5.41) is 6.75. The first-order chi connectivity index (χ1) is 19.9. The lowest BCUT2D eigenvalue weighted by Crippen LogP contribution is -2.39. The second kappa shape index (κ2) is 14.3. The van der Waals surface area contributed by atoms with E-state index in [1.807, 2.05) is 0 Å². The van der Waals surface area contributed by atoms with Gasteiger partial charge in [0.15, 0.2) is 6.61 Å². The fourth-order valence-electron chi connectivity index (χ4n) is 4.08. The summed E-state index contributed by atoms with van der Waals surface area (Å²) in [6.45, 7) is 0.549. The number of amides is 2. The van der Waals surface area contributed by atoms with Crippen molar-refractivity contribution in [2.45, 2.75) is 23.8 Å². The second-order valence-electron chi connectivity index (χ2n) is 9.09. The van der Waals surface area contributed by atoms with Crippen LogP contribution in [0.15, 0.2) is 88.9 Å². The smallest absolute Gasteiger partial charge is 0.264 e. The van der Waals surface area contributed by atoms with Crippen molar-refractivity contribution in [3.63, 3.8) is 0 Å². The van der Waals surface area contributed by atoms with Gasteiger partial charge in [0.25, 0.3) is 21.8 Å². The van der Waals surface area contributed by atoms with Crippen molar-refractivity contribution in [1.29, 1.82) is 0 Å². The van der Waals surface area contributed by atoms with Crippen molar-refractivity contribution in [1.82, 2.24) is 10.7 Å². The molecule has 1 saturated heterocycles. The molecular weight excluding hydrogens is 548 g/mol. The van der Waals surface area contributed by atoms with Gasteiger partial charge < -0.3 is 19.5 Å². The van der Waals surface area contributed by atoms with E-state index in [2.05, 4.69) is 15.8 Å². The highest BCUT2D eigenvalue weighted by molar-refractivity contribution is 7.92. The molecule has 0 aliphatic carbocycles. The Morgan fingerprint density at radius 1 is 1.02 bits per heavy atom. The largest absolute Gasteiger partial charge is 0.495 e. The number of rotatable bonds is 13. The molecule has 1 atom stereocenters. The highest BCUT2D eigenvalue weighted by Gasteiger charge is 2.29. The van der Waals surface area contributed by atoms with E-state index < -0.39 is 22.5 Å². The molecule has 216 valence electrons. The van der Waals surface area contributed by atoms with Gasteiger partial charge in [0.05, 0.1) is 30.0 Å². The van der Waals surface area contributed by atoms with Crippen LogP contribution in [0.1, 0.15) is 18.4 Å². The van der Waals surface area contributed by atoms with Crippen LogP contribution in [-0.4, -0.2) is 66.0 Å². The summed E-state index contributed by atoms with van der Waals surface area (Å²) in [5.74, 6) is -0.0890. The molecule has 1 aliphatic heterocycles. The number of carbonyl (C=O) groups excluding carboxylic acids is 2. The summed E-state index contributed by atoms with van der Waals surface area (Å²) in [4.78, 5) is 24.8. The Balaban J connectivity index is 1.34. The van der Waals surface area contributed by atoms with Crippen molar-refractivity contribution in [3.8, 4) is 11.5 Å². The minimum atomic E-state index is -4.09. The zero-order chi connectivity index (χ0) is 29.1. The van der Waals surface area contributed by atoms with Gasteiger partial charge >= 0.3 is 0 Å². The predicted octanol–water partition coefficient (Wildman–Crippen LogP) is 2.71. The topological polar surface area (TPSA) is 136 Å². The fraction of sp³-hybridized carbons (Fsp3) is 0.276. The Morgan fingerprint density at radius 3 is 2.46 bits per heavy atom. The predicted molar refractivity (Wildman–Crippen MR) is 154 cm³/mol. The molecule has 1 fully saturated rings. The lowest BCUT2D eigenvalue weighted by atomic mass is 10.2.